The summed E-state index contributed by atoms with van der Waals surface area (Å²) in [5.74, 6) is 1.00. The molecule has 0 saturated carbocycles. The molecule has 0 radical (unpaired) electrons. The molecular formula is C17H19ClO2. The smallest absolute Gasteiger partial charge is 0.119 e. The van der Waals surface area contributed by atoms with Gasteiger partial charge in [0, 0.05) is 17.5 Å². The Bertz CT molecular complexity index is 513. The molecule has 0 aromatic heterocycles. The Hall–Kier alpha value is -1.51. The fraction of sp³-hybridized carbons (Fsp3) is 0.294. The number of ether oxygens (including phenoxy) is 1. The first-order valence-electron chi connectivity index (χ1n) is 6.84. The van der Waals surface area contributed by atoms with Gasteiger partial charge in [-0.25, -0.2) is 0 Å². The molecule has 0 amide bonds. The van der Waals surface area contributed by atoms with Crippen LogP contribution in [0.5, 0.6) is 5.75 Å². The van der Waals surface area contributed by atoms with Crippen LogP contribution in [0.25, 0.3) is 0 Å². The van der Waals surface area contributed by atoms with Gasteiger partial charge in [0.25, 0.3) is 0 Å². The molecule has 0 saturated heterocycles. The Morgan fingerprint density at radius 3 is 2.55 bits per heavy atom. The highest BCUT2D eigenvalue weighted by Crippen LogP contribution is 2.23. The lowest BCUT2D eigenvalue weighted by Gasteiger charge is -2.15. The molecule has 3 heteroatoms. The van der Waals surface area contributed by atoms with Gasteiger partial charge in [0.15, 0.2) is 0 Å². The molecule has 2 nitrogen and oxygen atoms in total. The van der Waals surface area contributed by atoms with Crippen molar-refractivity contribution in [1.82, 2.24) is 0 Å². The monoisotopic (exact) mass is 290 g/mol. The summed E-state index contributed by atoms with van der Waals surface area (Å²) in [5, 5.41) is 10.2. The quantitative estimate of drug-likeness (QED) is 0.772. The summed E-state index contributed by atoms with van der Waals surface area (Å²) in [6, 6.07) is 17.5. The second kappa shape index (κ2) is 7.93. The molecule has 20 heavy (non-hydrogen) atoms. The predicted molar refractivity (Wildman–Crippen MR) is 82.4 cm³/mol. The minimum atomic E-state index is 0.119. The van der Waals surface area contributed by atoms with Crippen molar-refractivity contribution < 1.29 is 9.84 Å². The van der Waals surface area contributed by atoms with Crippen LogP contribution in [-0.2, 0) is 0 Å². The molecule has 2 aromatic rings. The van der Waals surface area contributed by atoms with Crippen molar-refractivity contribution in [3.63, 3.8) is 0 Å². The van der Waals surface area contributed by atoms with Crippen LogP contribution in [0.15, 0.2) is 54.6 Å². The van der Waals surface area contributed by atoms with E-state index in [0.29, 0.717) is 11.6 Å². The SMILES string of the molecule is OCC(CCCOc1ccccc1)c1cccc(Cl)c1. The summed E-state index contributed by atoms with van der Waals surface area (Å²) < 4.78 is 5.65. The number of aliphatic hydroxyl groups excluding tert-OH is 1. The lowest BCUT2D eigenvalue weighted by atomic mass is 9.95. The highest BCUT2D eigenvalue weighted by atomic mass is 35.5. The minimum absolute atomic E-state index is 0.119. The van der Waals surface area contributed by atoms with Gasteiger partial charge in [-0.1, -0.05) is 41.9 Å². The summed E-state index contributed by atoms with van der Waals surface area (Å²) in [4.78, 5) is 0. The van der Waals surface area contributed by atoms with Crippen LogP contribution in [0, 0.1) is 0 Å². The largest absolute Gasteiger partial charge is 0.494 e. The van der Waals surface area contributed by atoms with E-state index in [4.69, 9.17) is 16.3 Å². The Kier molecular flexibility index (Phi) is 5.90. The topological polar surface area (TPSA) is 29.5 Å². The van der Waals surface area contributed by atoms with E-state index in [1.807, 2.05) is 54.6 Å². The van der Waals surface area contributed by atoms with E-state index >= 15 is 0 Å². The third kappa shape index (κ3) is 4.55. The van der Waals surface area contributed by atoms with Crippen molar-refractivity contribution >= 4 is 11.6 Å². The Labute approximate surface area is 125 Å². The standard InChI is InChI=1S/C17H19ClO2/c18-16-8-4-6-14(12-16)15(13-19)7-5-11-20-17-9-2-1-3-10-17/h1-4,6,8-10,12,15,19H,5,7,11,13H2. The second-order valence-corrected chi connectivity index (χ2v) is 5.17. The number of aliphatic hydroxyl groups is 1. The summed E-state index contributed by atoms with van der Waals surface area (Å²) in [6.45, 7) is 0.784. The zero-order valence-corrected chi connectivity index (χ0v) is 12.1. The molecule has 0 heterocycles. The van der Waals surface area contributed by atoms with Crippen LogP contribution in [0.1, 0.15) is 24.3 Å². The fourth-order valence-electron chi connectivity index (χ4n) is 2.16. The van der Waals surface area contributed by atoms with E-state index in [-0.39, 0.29) is 12.5 Å². The van der Waals surface area contributed by atoms with E-state index in [1.165, 1.54) is 0 Å². The maximum Gasteiger partial charge on any atom is 0.119 e. The number of benzene rings is 2. The van der Waals surface area contributed by atoms with Crippen molar-refractivity contribution in [2.75, 3.05) is 13.2 Å². The first-order chi connectivity index (χ1) is 9.79. The average molecular weight is 291 g/mol. The Balaban J connectivity index is 1.80. The average Bonchev–Trinajstić information content (AvgIpc) is 2.48. The van der Waals surface area contributed by atoms with E-state index in [9.17, 15) is 5.11 Å². The number of para-hydroxylation sites is 1. The van der Waals surface area contributed by atoms with Crippen molar-refractivity contribution in [2.24, 2.45) is 0 Å². The minimum Gasteiger partial charge on any atom is -0.494 e. The van der Waals surface area contributed by atoms with Crippen LogP contribution in [0.2, 0.25) is 5.02 Å². The fourth-order valence-corrected chi connectivity index (χ4v) is 2.36. The molecular weight excluding hydrogens is 272 g/mol. The van der Waals surface area contributed by atoms with Crippen LogP contribution >= 0.6 is 11.6 Å². The first-order valence-corrected chi connectivity index (χ1v) is 7.21. The third-order valence-electron chi connectivity index (χ3n) is 3.25. The predicted octanol–water partition coefficient (Wildman–Crippen LogP) is 4.28. The summed E-state index contributed by atoms with van der Waals surface area (Å²) >= 11 is 5.98. The van der Waals surface area contributed by atoms with Gasteiger partial charge in [-0.2, -0.15) is 0 Å². The highest BCUT2D eigenvalue weighted by Gasteiger charge is 2.10. The number of rotatable bonds is 7. The Morgan fingerprint density at radius 2 is 1.85 bits per heavy atom. The molecule has 1 N–H and O–H groups in total. The molecule has 2 rings (SSSR count). The van der Waals surface area contributed by atoms with Gasteiger partial charge in [-0.05, 0) is 42.7 Å². The lowest BCUT2D eigenvalue weighted by molar-refractivity contribution is 0.243. The lowest BCUT2D eigenvalue weighted by Crippen LogP contribution is -2.07. The molecule has 1 unspecified atom stereocenters. The summed E-state index contributed by atoms with van der Waals surface area (Å²) in [5.41, 5.74) is 1.08. The zero-order chi connectivity index (χ0) is 14.2. The van der Waals surface area contributed by atoms with Gasteiger partial charge < -0.3 is 9.84 Å². The van der Waals surface area contributed by atoms with Crippen molar-refractivity contribution in [1.29, 1.82) is 0 Å². The summed E-state index contributed by atoms with van der Waals surface area (Å²) in [6.07, 6.45) is 1.77. The van der Waals surface area contributed by atoms with Crippen LogP contribution in [0.4, 0.5) is 0 Å². The molecule has 0 bridgehead atoms. The van der Waals surface area contributed by atoms with Gasteiger partial charge in [0.1, 0.15) is 5.75 Å². The van der Waals surface area contributed by atoms with Crippen molar-refractivity contribution in [2.45, 2.75) is 18.8 Å². The maximum absolute atomic E-state index is 9.50. The zero-order valence-electron chi connectivity index (χ0n) is 11.3. The molecule has 0 aliphatic carbocycles. The van der Waals surface area contributed by atoms with Crippen molar-refractivity contribution in [3.8, 4) is 5.75 Å². The molecule has 1 atom stereocenters. The van der Waals surface area contributed by atoms with E-state index in [0.717, 1.165) is 24.2 Å². The molecule has 2 aromatic carbocycles. The van der Waals surface area contributed by atoms with Crippen LogP contribution in [-0.4, -0.2) is 18.3 Å². The highest BCUT2D eigenvalue weighted by molar-refractivity contribution is 6.30. The number of halogens is 1. The van der Waals surface area contributed by atoms with Gasteiger partial charge in [0.2, 0.25) is 0 Å². The molecule has 0 aliphatic heterocycles. The first kappa shape index (κ1) is 14.9. The van der Waals surface area contributed by atoms with Crippen LogP contribution in [0.3, 0.4) is 0 Å². The van der Waals surface area contributed by atoms with Crippen molar-refractivity contribution in [3.05, 3.63) is 65.2 Å². The molecule has 0 aliphatic rings. The molecule has 0 spiro atoms. The van der Waals surface area contributed by atoms with E-state index in [2.05, 4.69) is 0 Å². The second-order valence-electron chi connectivity index (χ2n) is 4.74. The van der Waals surface area contributed by atoms with Gasteiger partial charge >= 0.3 is 0 Å². The van der Waals surface area contributed by atoms with Gasteiger partial charge in [0.05, 0.1) is 6.61 Å². The maximum atomic E-state index is 9.50. The number of hydrogen-bond acceptors (Lipinski definition) is 2. The number of hydrogen-bond donors (Lipinski definition) is 1. The summed E-state index contributed by atoms with van der Waals surface area (Å²) in [7, 11) is 0. The van der Waals surface area contributed by atoms with Gasteiger partial charge in [-0.15, -0.1) is 0 Å². The molecule has 0 fully saturated rings. The normalized spacial score (nSPS) is 12.1. The van der Waals surface area contributed by atoms with E-state index < -0.39 is 0 Å². The molecule has 106 valence electrons. The third-order valence-corrected chi connectivity index (χ3v) is 3.48. The van der Waals surface area contributed by atoms with E-state index in [1.54, 1.807) is 0 Å². The van der Waals surface area contributed by atoms with Crippen LogP contribution < -0.4 is 4.74 Å². The Morgan fingerprint density at radius 1 is 1.05 bits per heavy atom. The van der Waals surface area contributed by atoms with Gasteiger partial charge in [-0.3, -0.25) is 0 Å².